The second kappa shape index (κ2) is 4.18. The molecule has 3 nitrogen and oxygen atoms in total. The van der Waals surface area contributed by atoms with Crippen molar-refractivity contribution >= 4 is 6.21 Å². The van der Waals surface area contributed by atoms with Crippen molar-refractivity contribution in [3.8, 4) is 0 Å². The molecule has 8 heavy (non-hydrogen) atoms. The lowest BCUT2D eigenvalue weighted by Gasteiger charge is -1.91. The number of rotatable bonds is 3. The molecule has 0 aliphatic heterocycles. The predicted octanol–water partition coefficient (Wildman–Crippen LogP) is 0.0456. The molecular formula is C5H11N3. The van der Waals surface area contributed by atoms with Crippen LogP contribution in [0.15, 0.2) is 11.9 Å². The van der Waals surface area contributed by atoms with Crippen molar-refractivity contribution in [1.82, 2.24) is 5.32 Å². The van der Waals surface area contributed by atoms with Gasteiger partial charge in [-0.2, -0.15) is 0 Å². The second-order valence-electron chi connectivity index (χ2n) is 1.35. The quantitative estimate of drug-likeness (QED) is 0.453. The van der Waals surface area contributed by atoms with E-state index >= 15 is 0 Å². The van der Waals surface area contributed by atoms with Crippen LogP contribution < -0.4 is 11.1 Å². The summed E-state index contributed by atoms with van der Waals surface area (Å²) < 4.78 is 0. The molecule has 0 saturated carbocycles. The first-order chi connectivity index (χ1) is 3.81. The van der Waals surface area contributed by atoms with Crippen molar-refractivity contribution in [2.24, 2.45) is 5.73 Å². The van der Waals surface area contributed by atoms with Gasteiger partial charge in [-0.25, -0.2) is 0 Å². The highest BCUT2D eigenvalue weighted by Crippen LogP contribution is 1.69. The molecule has 4 N–H and O–H groups in total. The lowest BCUT2D eigenvalue weighted by Crippen LogP contribution is -2.08. The van der Waals surface area contributed by atoms with Crippen LogP contribution in [0, 0.1) is 5.41 Å². The van der Waals surface area contributed by atoms with E-state index in [1.54, 1.807) is 6.20 Å². The van der Waals surface area contributed by atoms with E-state index in [4.69, 9.17) is 11.1 Å². The molecule has 0 spiro atoms. The smallest absolute Gasteiger partial charge is 0.0652 e. The van der Waals surface area contributed by atoms with E-state index in [-0.39, 0.29) is 0 Å². The number of hydrogen-bond donors (Lipinski definition) is 3. The molecule has 0 unspecified atom stereocenters. The third kappa shape index (κ3) is 3.21. The zero-order valence-electron chi connectivity index (χ0n) is 4.94. The highest BCUT2D eigenvalue weighted by molar-refractivity contribution is 5.73. The number of nitrogens with two attached hydrogens (primary N) is 1. The van der Waals surface area contributed by atoms with E-state index in [2.05, 4.69) is 5.32 Å². The highest BCUT2D eigenvalue weighted by Gasteiger charge is 1.75. The van der Waals surface area contributed by atoms with Crippen molar-refractivity contribution < 1.29 is 0 Å². The average Bonchev–Trinajstić information content (AvgIpc) is 1.83. The summed E-state index contributed by atoms with van der Waals surface area (Å²) in [6, 6.07) is 0. The molecule has 0 saturated heterocycles. The molecule has 0 aliphatic rings. The Hall–Kier alpha value is -0.990. The zero-order chi connectivity index (χ0) is 6.41. The molecule has 0 aromatic rings. The van der Waals surface area contributed by atoms with Crippen LogP contribution in [0.4, 0.5) is 0 Å². The van der Waals surface area contributed by atoms with E-state index in [1.165, 1.54) is 0 Å². The normalized spacial score (nSPS) is 10.9. The van der Waals surface area contributed by atoms with Crippen LogP contribution in [-0.2, 0) is 0 Å². The summed E-state index contributed by atoms with van der Waals surface area (Å²) in [5.74, 6) is 0. The summed E-state index contributed by atoms with van der Waals surface area (Å²) in [6.07, 6.45) is 2.70. The fourth-order valence-corrected chi connectivity index (χ4v) is 0.262. The van der Waals surface area contributed by atoms with Crippen molar-refractivity contribution in [2.75, 3.05) is 6.54 Å². The SMILES string of the molecule is CCN/C=C(/N)C=N. The van der Waals surface area contributed by atoms with E-state index in [9.17, 15) is 0 Å². The van der Waals surface area contributed by atoms with Gasteiger partial charge in [-0.05, 0) is 6.92 Å². The van der Waals surface area contributed by atoms with Gasteiger partial charge in [0, 0.05) is 19.0 Å². The Bertz CT molecular complexity index is 95.8. The molecule has 0 atom stereocenters. The first kappa shape index (κ1) is 7.01. The average molecular weight is 113 g/mol. The number of allylic oxidation sites excluding steroid dienone is 1. The van der Waals surface area contributed by atoms with Crippen LogP contribution in [0.3, 0.4) is 0 Å². The number of nitrogens with one attached hydrogen (secondary N) is 2. The van der Waals surface area contributed by atoms with Gasteiger partial charge in [0.05, 0.1) is 5.70 Å². The van der Waals surface area contributed by atoms with Gasteiger partial charge in [0.25, 0.3) is 0 Å². The molecule has 46 valence electrons. The molecule has 3 heteroatoms. The van der Waals surface area contributed by atoms with E-state index < -0.39 is 0 Å². The molecule has 0 aromatic heterocycles. The third-order valence-electron chi connectivity index (χ3n) is 0.640. The molecule has 0 fully saturated rings. The van der Waals surface area contributed by atoms with Crippen molar-refractivity contribution in [3.63, 3.8) is 0 Å². The Balaban J connectivity index is 3.40. The Morgan fingerprint density at radius 2 is 2.50 bits per heavy atom. The Labute approximate surface area is 49.1 Å². The summed E-state index contributed by atoms with van der Waals surface area (Å²) in [6.45, 7) is 2.81. The van der Waals surface area contributed by atoms with Crippen molar-refractivity contribution in [2.45, 2.75) is 6.92 Å². The third-order valence-corrected chi connectivity index (χ3v) is 0.640. The first-order valence-electron chi connectivity index (χ1n) is 2.50. The van der Waals surface area contributed by atoms with E-state index in [1.807, 2.05) is 6.92 Å². The van der Waals surface area contributed by atoms with Crippen LogP contribution in [0.25, 0.3) is 0 Å². The standard InChI is InChI=1S/C5H11N3/c1-2-8-4-5(7)3-6/h3-4,6,8H,2,7H2,1H3/b5-4+,6-3?. The van der Waals surface area contributed by atoms with Crippen molar-refractivity contribution in [1.29, 1.82) is 5.41 Å². The summed E-state index contributed by atoms with van der Waals surface area (Å²) >= 11 is 0. The minimum Gasteiger partial charge on any atom is -0.396 e. The van der Waals surface area contributed by atoms with Crippen LogP contribution in [0.5, 0.6) is 0 Å². The molecule has 0 rings (SSSR count). The summed E-state index contributed by atoms with van der Waals surface area (Å²) in [5, 5.41) is 9.49. The Kier molecular flexibility index (Phi) is 3.66. The first-order valence-corrected chi connectivity index (χ1v) is 2.50. The lowest BCUT2D eigenvalue weighted by molar-refractivity contribution is 0.912. The maximum Gasteiger partial charge on any atom is 0.0652 e. The summed E-state index contributed by atoms with van der Waals surface area (Å²) in [4.78, 5) is 0. The van der Waals surface area contributed by atoms with E-state index in [0.29, 0.717) is 5.70 Å². The van der Waals surface area contributed by atoms with Gasteiger partial charge in [0.1, 0.15) is 0 Å². The molecule has 0 aromatic carbocycles. The Morgan fingerprint density at radius 3 is 2.88 bits per heavy atom. The number of hydrogen-bond acceptors (Lipinski definition) is 3. The van der Waals surface area contributed by atoms with E-state index in [0.717, 1.165) is 12.8 Å². The van der Waals surface area contributed by atoms with Crippen molar-refractivity contribution in [3.05, 3.63) is 11.9 Å². The van der Waals surface area contributed by atoms with Gasteiger partial charge in [-0.3, -0.25) is 0 Å². The fraction of sp³-hybridized carbons (Fsp3) is 0.400. The molecule has 0 amide bonds. The zero-order valence-corrected chi connectivity index (χ0v) is 4.94. The summed E-state index contributed by atoms with van der Waals surface area (Å²) in [7, 11) is 0. The van der Waals surface area contributed by atoms with Gasteiger partial charge in [-0.1, -0.05) is 0 Å². The highest BCUT2D eigenvalue weighted by atomic mass is 14.8. The molecule has 0 bridgehead atoms. The maximum absolute atomic E-state index is 6.63. The molecule has 0 heterocycles. The fourth-order valence-electron chi connectivity index (χ4n) is 0.262. The van der Waals surface area contributed by atoms with Crippen LogP contribution >= 0.6 is 0 Å². The largest absolute Gasteiger partial charge is 0.396 e. The van der Waals surface area contributed by atoms with Crippen LogP contribution in [0.2, 0.25) is 0 Å². The molecule has 0 aliphatic carbocycles. The van der Waals surface area contributed by atoms with Gasteiger partial charge in [0.15, 0.2) is 0 Å². The van der Waals surface area contributed by atoms with Gasteiger partial charge in [-0.15, -0.1) is 0 Å². The minimum absolute atomic E-state index is 0.451. The predicted molar refractivity (Wildman–Crippen MR) is 34.7 cm³/mol. The Morgan fingerprint density at radius 1 is 1.88 bits per heavy atom. The van der Waals surface area contributed by atoms with Crippen LogP contribution in [-0.4, -0.2) is 12.8 Å². The molecule has 0 radical (unpaired) electrons. The topological polar surface area (TPSA) is 61.9 Å². The molecular weight excluding hydrogens is 102 g/mol. The lowest BCUT2D eigenvalue weighted by atomic mass is 10.5. The maximum atomic E-state index is 6.63. The second-order valence-corrected chi connectivity index (χ2v) is 1.35. The monoisotopic (exact) mass is 113 g/mol. The van der Waals surface area contributed by atoms with Gasteiger partial charge in [0.2, 0.25) is 0 Å². The summed E-state index contributed by atoms with van der Waals surface area (Å²) in [5.41, 5.74) is 5.67. The van der Waals surface area contributed by atoms with Gasteiger partial charge < -0.3 is 16.5 Å². The van der Waals surface area contributed by atoms with Crippen LogP contribution in [0.1, 0.15) is 6.92 Å². The minimum atomic E-state index is 0.451. The van der Waals surface area contributed by atoms with Gasteiger partial charge >= 0.3 is 0 Å².